The molecule has 0 saturated heterocycles. The second kappa shape index (κ2) is 7.52. The summed E-state index contributed by atoms with van der Waals surface area (Å²) in [6.45, 7) is 6.43. The number of rotatable bonds is 4. The number of nitrogens with one attached hydrogen (secondary N) is 1. The first-order valence-corrected chi connectivity index (χ1v) is 9.30. The fraction of sp³-hybridized carbons (Fsp3) is 0.333. The second-order valence-corrected chi connectivity index (χ2v) is 7.14. The van der Waals surface area contributed by atoms with E-state index in [1.807, 2.05) is 0 Å². The van der Waals surface area contributed by atoms with Gasteiger partial charge in [0.15, 0.2) is 5.82 Å². The summed E-state index contributed by atoms with van der Waals surface area (Å²) >= 11 is 0. The maximum atomic E-state index is 12.5. The third kappa shape index (κ3) is 3.53. The van der Waals surface area contributed by atoms with Crippen LogP contribution in [0.4, 0.5) is 0 Å². The van der Waals surface area contributed by atoms with Gasteiger partial charge in [-0.2, -0.15) is 0 Å². The van der Waals surface area contributed by atoms with Crippen molar-refractivity contribution in [1.82, 2.24) is 24.8 Å². The minimum absolute atomic E-state index is 0.0817. The smallest absolute Gasteiger partial charge is 0.254 e. The summed E-state index contributed by atoms with van der Waals surface area (Å²) < 4.78 is 5.41. The minimum Gasteiger partial charge on any atom is -0.496 e. The first kappa shape index (κ1) is 18.3. The van der Waals surface area contributed by atoms with Crippen molar-refractivity contribution in [3.05, 3.63) is 69.0 Å². The van der Waals surface area contributed by atoms with Crippen LogP contribution < -0.4 is 10.3 Å². The van der Waals surface area contributed by atoms with Gasteiger partial charge in [0.1, 0.15) is 11.4 Å². The highest BCUT2D eigenvalue weighted by atomic mass is 16.5. The molecule has 0 saturated carbocycles. The van der Waals surface area contributed by atoms with Crippen LogP contribution in [0.5, 0.6) is 5.75 Å². The largest absolute Gasteiger partial charge is 0.496 e. The number of aryl methyl sites for hydroxylation is 2. The lowest BCUT2D eigenvalue weighted by Crippen LogP contribution is -2.35. The Balaban J connectivity index is 1.60. The van der Waals surface area contributed by atoms with Gasteiger partial charge in [-0.15, -0.1) is 0 Å². The summed E-state index contributed by atoms with van der Waals surface area (Å²) in [7, 11) is 1.70. The number of benzene rings is 1. The van der Waals surface area contributed by atoms with Gasteiger partial charge in [-0.1, -0.05) is 6.07 Å². The van der Waals surface area contributed by atoms with E-state index in [2.05, 4.69) is 50.8 Å². The normalized spacial score (nSPS) is 14.0. The van der Waals surface area contributed by atoms with Crippen molar-refractivity contribution < 1.29 is 4.74 Å². The Morgan fingerprint density at radius 2 is 2.07 bits per heavy atom. The Kier molecular flexibility index (Phi) is 4.92. The molecule has 0 amide bonds. The van der Waals surface area contributed by atoms with E-state index in [0.717, 1.165) is 35.7 Å². The molecule has 3 heterocycles. The lowest BCUT2D eigenvalue weighted by Gasteiger charge is -2.28. The van der Waals surface area contributed by atoms with Crippen LogP contribution in [-0.2, 0) is 19.5 Å². The molecule has 2 aromatic heterocycles. The van der Waals surface area contributed by atoms with Crippen LogP contribution in [0, 0.1) is 13.8 Å². The Labute approximate surface area is 163 Å². The molecular weight excluding hydrogens is 354 g/mol. The predicted molar refractivity (Wildman–Crippen MR) is 106 cm³/mol. The van der Waals surface area contributed by atoms with Crippen LogP contribution in [0.25, 0.3) is 11.5 Å². The molecular formula is C21H23N5O2. The van der Waals surface area contributed by atoms with Crippen molar-refractivity contribution in [2.24, 2.45) is 0 Å². The number of fused-ring (bicyclic) bond motifs is 1. The van der Waals surface area contributed by atoms with Crippen LogP contribution in [0.15, 0.2) is 35.5 Å². The summed E-state index contributed by atoms with van der Waals surface area (Å²) in [6, 6.07) is 4.26. The van der Waals surface area contributed by atoms with E-state index >= 15 is 0 Å². The third-order valence-electron chi connectivity index (χ3n) is 5.21. The highest BCUT2D eigenvalue weighted by Crippen LogP contribution is 2.25. The molecule has 4 rings (SSSR count). The molecule has 0 spiro atoms. The molecule has 0 unspecified atom stereocenters. The number of hydrogen-bond acceptors (Lipinski definition) is 6. The van der Waals surface area contributed by atoms with Gasteiger partial charge < -0.3 is 9.72 Å². The Bertz CT molecular complexity index is 1060. The molecule has 3 aromatic rings. The number of methoxy groups -OCH3 is 1. The van der Waals surface area contributed by atoms with Gasteiger partial charge >= 0.3 is 0 Å². The molecule has 1 aromatic carbocycles. The van der Waals surface area contributed by atoms with Crippen molar-refractivity contribution in [2.45, 2.75) is 33.4 Å². The van der Waals surface area contributed by atoms with Gasteiger partial charge in [-0.05, 0) is 43.0 Å². The summed E-state index contributed by atoms with van der Waals surface area (Å²) in [6.07, 6.45) is 5.48. The van der Waals surface area contributed by atoms with Gasteiger partial charge in [0.25, 0.3) is 5.56 Å². The third-order valence-corrected chi connectivity index (χ3v) is 5.21. The van der Waals surface area contributed by atoms with Gasteiger partial charge in [-0.25, -0.2) is 9.97 Å². The first-order valence-electron chi connectivity index (χ1n) is 9.30. The van der Waals surface area contributed by atoms with Crippen molar-refractivity contribution in [2.75, 3.05) is 13.7 Å². The molecule has 0 bridgehead atoms. The van der Waals surface area contributed by atoms with Crippen LogP contribution >= 0.6 is 0 Å². The van der Waals surface area contributed by atoms with Gasteiger partial charge in [-0.3, -0.25) is 14.7 Å². The minimum atomic E-state index is -0.0817. The highest BCUT2D eigenvalue weighted by molar-refractivity contribution is 5.47. The topological polar surface area (TPSA) is 84.0 Å². The molecule has 0 aliphatic carbocycles. The fourth-order valence-corrected chi connectivity index (χ4v) is 3.65. The molecule has 0 atom stereocenters. The van der Waals surface area contributed by atoms with Crippen molar-refractivity contribution in [3.8, 4) is 17.3 Å². The molecule has 0 radical (unpaired) electrons. The first-order chi connectivity index (χ1) is 13.5. The summed E-state index contributed by atoms with van der Waals surface area (Å²) in [5, 5.41) is 0. The zero-order valence-corrected chi connectivity index (χ0v) is 16.3. The van der Waals surface area contributed by atoms with Gasteiger partial charge in [0.2, 0.25) is 0 Å². The van der Waals surface area contributed by atoms with E-state index in [1.165, 1.54) is 11.1 Å². The number of hydrogen-bond donors (Lipinski definition) is 1. The van der Waals surface area contributed by atoms with E-state index in [9.17, 15) is 4.79 Å². The molecule has 28 heavy (non-hydrogen) atoms. The molecule has 0 fully saturated rings. The Morgan fingerprint density at radius 3 is 2.82 bits per heavy atom. The van der Waals surface area contributed by atoms with E-state index in [0.29, 0.717) is 24.5 Å². The number of aromatic amines is 1. The lowest BCUT2D eigenvalue weighted by molar-refractivity contribution is 0.240. The average molecular weight is 377 g/mol. The van der Waals surface area contributed by atoms with Crippen LogP contribution in [0.1, 0.15) is 27.9 Å². The molecule has 1 aliphatic rings. The van der Waals surface area contributed by atoms with Gasteiger partial charge in [0.05, 0.1) is 19.0 Å². The molecule has 7 heteroatoms. The standard InChI is InChI=1S/C21H23N5O2/c1-13-9-19(28-3)14(2)8-15(13)11-26-7-4-16-18(12-26)24-20(25-21(16)27)17-10-22-5-6-23-17/h5-6,8-10H,4,7,11-12H2,1-3H3,(H,24,25,27). The molecule has 144 valence electrons. The quantitative estimate of drug-likeness (QED) is 0.752. The predicted octanol–water partition coefficient (Wildman–Crippen LogP) is 2.41. The lowest BCUT2D eigenvalue weighted by atomic mass is 10.0. The molecule has 7 nitrogen and oxygen atoms in total. The monoisotopic (exact) mass is 377 g/mol. The summed E-state index contributed by atoms with van der Waals surface area (Å²) in [4.78, 5) is 30.7. The highest BCUT2D eigenvalue weighted by Gasteiger charge is 2.22. The van der Waals surface area contributed by atoms with Crippen molar-refractivity contribution in [1.29, 1.82) is 0 Å². The maximum absolute atomic E-state index is 12.5. The SMILES string of the molecule is COc1cc(C)c(CN2CCc3c(nc(-c4cnccn4)[nH]c3=O)C2)cc1C. The molecule has 1 aliphatic heterocycles. The summed E-state index contributed by atoms with van der Waals surface area (Å²) in [5.41, 5.74) is 5.67. The molecule has 1 N–H and O–H groups in total. The number of ether oxygens (including phenoxy) is 1. The van der Waals surface area contributed by atoms with E-state index in [1.54, 1.807) is 25.7 Å². The maximum Gasteiger partial charge on any atom is 0.254 e. The fourth-order valence-electron chi connectivity index (χ4n) is 3.65. The number of H-pyrrole nitrogens is 1. The van der Waals surface area contributed by atoms with E-state index < -0.39 is 0 Å². The average Bonchev–Trinajstić information content (AvgIpc) is 2.71. The van der Waals surface area contributed by atoms with Crippen LogP contribution in [0.3, 0.4) is 0 Å². The Hall–Kier alpha value is -3.06. The zero-order chi connectivity index (χ0) is 19.7. The number of aromatic nitrogens is 4. The van der Waals surface area contributed by atoms with Crippen LogP contribution in [-0.4, -0.2) is 38.5 Å². The van der Waals surface area contributed by atoms with Crippen molar-refractivity contribution >= 4 is 0 Å². The summed E-state index contributed by atoms with van der Waals surface area (Å²) in [5.74, 6) is 1.38. The zero-order valence-electron chi connectivity index (χ0n) is 16.3. The van der Waals surface area contributed by atoms with E-state index in [-0.39, 0.29) is 5.56 Å². The number of nitrogens with zero attached hydrogens (tertiary/aromatic N) is 4. The second-order valence-electron chi connectivity index (χ2n) is 7.14. The van der Waals surface area contributed by atoms with Crippen molar-refractivity contribution in [3.63, 3.8) is 0 Å². The Morgan fingerprint density at radius 1 is 1.21 bits per heavy atom. The van der Waals surface area contributed by atoms with E-state index in [4.69, 9.17) is 4.74 Å². The van der Waals surface area contributed by atoms with Gasteiger partial charge in [0, 0.05) is 37.6 Å². The van der Waals surface area contributed by atoms with Crippen LogP contribution in [0.2, 0.25) is 0 Å².